The van der Waals surface area contributed by atoms with E-state index >= 15 is 0 Å². The Hall–Kier alpha value is -3.86. The number of benzene rings is 3. The molecule has 0 saturated heterocycles. The number of rotatable bonds is 5. The molecule has 1 heterocycles. The number of ether oxygens (including phenoxy) is 3. The van der Waals surface area contributed by atoms with Gasteiger partial charge in [0.2, 0.25) is 5.71 Å². The third-order valence-corrected chi connectivity index (χ3v) is 5.63. The van der Waals surface area contributed by atoms with Gasteiger partial charge in [-0.3, -0.25) is 0 Å². The summed E-state index contributed by atoms with van der Waals surface area (Å²) in [7, 11) is 4.64. The fourth-order valence-electron chi connectivity index (χ4n) is 4.03. The molecule has 1 aliphatic heterocycles. The Labute approximate surface area is 188 Å². The van der Waals surface area contributed by atoms with E-state index in [0.717, 1.165) is 33.5 Å². The monoisotopic (exact) mass is 428 g/mol. The highest BCUT2D eigenvalue weighted by Gasteiger charge is 2.32. The van der Waals surface area contributed by atoms with Crippen molar-refractivity contribution in [3.63, 3.8) is 0 Å². The minimum Gasteiger partial charge on any atom is -0.493 e. The zero-order valence-electron chi connectivity index (χ0n) is 18.5. The van der Waals surface area contributed by atoms with Gasteiger partial charge in [0.25, 0.3) is 0 Å². The van der Waals surface area contributed by atoms with Crippen LogP contribution >= 0.6 is 0 Å². The van der Waals surface area contributed by atoms with E-state index in [1.807, 2.05) is 48.5 Å². The normalized spacial score (nSPS) is 12.6. The van der Waals surface area contributed by atoms with Crippen LogP contribution in [0, 0.1) is 0 Å². The summed E-state index contributed by atoms with van der Waals surface area (Å²) in [6.45, 7) is 0.512. The molecule has 162 valence electrons. The first-order valence-electron chi connectivity index (χ1n) is 10.5. The van der Waals surface area contributed by atoms with Crippen LogP contribution in [0.1, 0.15) is 22.3 Å². The van der Waals surface area contributed by atoms with Crippen LogP contribution in [0.2, 0.25) is 0 Å². The standard InChI is InChI=1S/C27H26NO4/c1-30-25-16-21-14-15-28(27(29)32-3)24(23(21)18-26(25)31-2)17-22(19-10-6-4-7-11-19)20-12-8-5-9-13-20/h4-13,16-18H,14-15H2,1-3H3/q+1. The molecule has 0 fully saturated rings. The number of allylic oxidation sites excluding steroid dienone is 1. The van der Waals surface area contributed by atoms with E-state index in [1.54, 1.807) is 18.8 Å². The average molecular weight is 429 g/mol. The molecule has 5 nitrogen and oxygen atoms in total. The second kappa shape index (κ2) is 9.52. The summed E-state index contributed by atoms with van der Waals surface area (Å²) in [5.74, 6) is 1.29. The summed E-state index contributed by atoms with van der Waals surface area (Å²) in [4.78, 5) is 12.7. The van der Waals surface area contributed by atoms with Gasteiger partial charge in [0.15, 0.2) is 18.0 Å². The lowest BCUT2D eigenvalue weighted by Crippen LogP contribution is -2.34. The first kappa shape index (κ1) is 21.4. The number of nitrogens with zero attached hydrogens (tertiary/aromatic N) is 1. The van der Waals surface area contributed by atoms with Gasteiger partial charge in [-0.1, -0.05) is 60.7 Å². The summed E-state index contributed by atoms with van der Waals surface area (Å²) < 4.78 is 17.8. The molecule has 4 rings (SSSR count). The molecule has 0 aliphatic carbocycles. The number of methoxy groups -OCH3 is 3. The zero-order valence-corrected chi connectivity index (χ0v) is 18.5. The number of hydrogen-bond acceptors (Lipinski definition) is 4. The molecule has 5 heteroatoms. The molecular formula is C27H26NO4+. The first-order valence-corrected chi connectivity index (χ1v) is 10.5. The van der Waals surface area contributed by atoms with E-state index in [9.17, 15) is 4.79 Å². The van der Waals surface area contributed by atoms with Crippen LogP contribution in [0.25, 0.3) is 5.57 Å². The van der Waals surface area contributed by atoms with E-state index in [1.165, 1.54) is 7.11 Å². The van der Waals surface area contributed by atoms with Crippen molar-refractivity contribution in [1.82, 2.24) is 0 Å². The van der Waals surface area contributed by atoms with Gasteiger partial charge in [-0.25, -0.2) is 0 Å². The van der Waals surface area contributed by atoms with Gasteiger partial charge in [0, 0.05) is 12.5 Å². The van der Waals surface area contributed by atoms with E-state index < -0.39 is 6.09 Å². The number of fused-ring (bicyclic) bond motifs is 1. The number of carbonyl (C=O) groups excluding carboxylic acids is 1. The molecule has 3 aromatic carbocycles. The van der Waals surface area contributed by atoms with Gasteiger partial charge in [-0.15, -0.1) is 4.58 Å². The van der Waals surface area contributed by atoms with Crippen molar-refractivity contribution in [3.05, 3.63) is 101 Å². The number of amides is 1. The van der Waals surface area contributed by atoms with Crippen molar-refractivity contribution in [2.45, 2.75) is 6.42 Å². The fraction of sp³-hybridized carbons (Fsp3) is 0.185. The predicted molar refractivity (Wildman–Crippen MR) is 125 cm³/mol. The van der Waals surface area contributed by atoms with Gasteiger partial charge >= 0.3 is 6.09 Å². The van der Waals surface area contributed by atoms with Crippen molar-refractivity contribution >= 4 is 17.4 Å². The fourth-order valence-corrected chi connectivity index (χ4v) is 4.03. The summed E-state index contributed by atoms with van der Waals surface area (Å²) in [5, 5.41) is 0. The van der Waals surface area contributed by atoms with Gasteiger partial charge in [0.05, 0.1) is 26.9 Å². The Morgan fingerprint density at radius 1 is 0.844 bits per heavy atom. The van der Waals surface area contributed by atoms with E-state index in [-0.39, 0.29) is 0 Å². The second-order valence-corrected chi connectivity index (χ2v) is 7.41. The Balaban J connectivity index is 1.99. The molecular weight excluding hydrogens is 402 g/mol. The van der Waals surface area contributed by atoms with E-state index in [2.05, 4.69) is 30.3 Å². The lowest BCUT2D eigenvalue weighted by Gasteiger charge is -2.19. The van der Waals surface area contributed by atoms with Crippen molar-refractivity contribution < 1.29 is 23.6 Å². The Morgan fingerprint density at radius 3 is 1.94 bits per heavy atom. The lowest BCUT2D eigenvalue weighted by atomic mass is 9.91. The minimum atomic E-state index is -0.392. The second-order valence-electron chi connectivity index (χ2n) is 7.41. The maximum Gasteiger partial charge on any atom is 0.596 e. The molecule has 0 spiro atoms. The highest BCUT2D eigenvalue weighted by molar-refractivity contribution is 6.13. The van der Waals surface area contributed by atoms with Gasteiger partial charge in [-0.05, 0) is 34.4 Å². The molecule has 1 aliphatic rings. The summed E-state index contributed by atoms with van der Waals surface area (Å²) in [6, 6.07) is 24.2. The highest BCUT2D eigenvalue weighted by Crippen LogP contribution is 2.34. The van der Waals surface area contributed by atoms with Crippen LogP contribution < -0.4 is 9.47 Å². The predicted octanol–water partition coefficient (Wildman–Crippen LogP) is 4.96. The van der Waals surface area contributed by atoms with Crippen molar-refractivity contribution in [1.29, 1.82) is 0 Å². The van der Waals surface area contributed by atoms with Gasteiger partial charge in [-0.2, -0.15) is 4.79 Å². The SMILES string of the molecule is COC(=O)[N+]1=C(C=C(c2ccccc2)c2ccccc2)c2cc(OC)c(OC)cc2CC1. The van der Waals surface area contributed by atoms with Crippen LogP contribution in [0.3, 0.4) is 0 Å². The van der Waals surface area contributed by atoms with Crippen LogP contribution in [-0.2, 0) is 11.2 Å². The third-order valence-electron chi connectivity index (χ3n) is 5.63. The van der Waals surface area contributed by atoms with Crippen LogP contribution in [0.4, 0.5) is 4.79 Å². The Bertz CT molecular complexity index is 1140. The highest BCUT2D eigenvalue weighted by atomic mass is 16.5. The molecule has 0 bridgehead atoms. The molecule has 32 heavy (non-hydrogen) atoms. The zero-order chi connectivity index (χ0) is 22.5. The van der Waals surface area contributed by atoms with Crippen molar-refractivity contribution in [2.24, 2.45) is 0 Å². The van der Waals surface area contributed by atoms with Crippen LogP contribution in [-0.4, -0.2) is 44.3 Å². The molecule has 0 saturated carbocycles. The summed E-state index contributed by atoms with van der Waals surface area (Å²) in [5.41, 5.74) is 5.91. The smallest absolute Gasteiger partial charge is 0.493 e. The minimum absolute atomic E-state index is 0.392. The average Bonchev–Trinajstić information content (AvgIpc) is 2.86. The van der Waals surface area contributed by atoms with Crippen LogP contribution in [0.5, 0.6) is 11.5 Å². The van der Waals surface area contributed by atoms with E-state index in [4.69, 9.17) is 14.2 Å². The summed E-state index contributed by atoms with van der Waals surface area (Å²) >= 11 is 0. The first-order chi connectivity index (χ1) is 15.7. The molecule has 0 N–H and O–H groups in total. The van der Waals surface area contributed by atoms with Gasteiger partial charge < -0.3 is 14.2 Å². The summed E-state index contributed by atoms with van der Waals surface area (Å²) in [6.07, 6.45) is 2.36. The molecule has 0 aromatic heterocycles. The molecule has 0 unspecified atom stereocenters. The maximum atomic E-state index is 12.7. The quantitative estimate of drug-likeness (QED) is 0.539. The lowest BCUT2D eigenvalue weighted by molar-refractivity contribution is -0.445. The Kier molecular flexibility index (Phi) is 6.36. The molecule has 3 aromatic rings. The number of carbonyl (C=O) groups is 1. The molecule has 0 radical (unpaired) electrons. The molecule has 1 amide bonds. The van der Waals surface area contributed by atoms with Crippen molar-refractivity contribution in [3.8, 4) is 11.5 Å². The van der Waals surface area contributed by atoms with Crippen LogP contribution in [0.15, 0.2) is 78.9 Å². The Morgan fingerprint density at radius 2 is 1.41 bits per heavy atom. The van der Waals surface area contributed by atoms with E-state index in [0.29, 0.717) is 24.5 Å². The van der Waals surface area contributed by atoms with Gasteiger partial charge in [0.1, 0.15) is 0 Å². The molecule has 0 atom stereocenters. The largest absolute Gasteiger partial charge is 0.596 e. The van der Waals surface area contributed by atoms with Crippen molar-refractivity contribution in [2.75, 3.05) is 27.9 Å². The maximum absolute atomic E-state index is 12.7. The third kappa shape index (κ3) is 4.14. The number of hydrogen-bond donors (Lipinski definition) is 0. The topological polar surface area (TPSA) is 47.8 Å².